The molecule has 3 aromatic rings. The van der Waals surface area contributed by atoms with Gasteiger partial charge in [0.1, 0.15) is 4.90 Å². The molecular formula is C22H22N2O6S2. The van der Waals surface area contributed by atoms with Crippen molar-refractivity contribution in [3.8, 4) is 11.5 Å². The molecule has 10 heteroatoms. The molecule has 0 heterocycles. The summed E-state index contributed by atoms with van der Waals surface area (Å²) in [7, 11) is -6.70. The summed E-state index contributed by atoms with van der Waals surface area (Å²) >= 11 is 0. The Morgan fingerprint density at radius 3 is 1.94 bits per heavy atom. The van der Waals surface area contributed by atoms with Crippen molar-refractivity contribution >= 4 is 26.4 Å². The van der Waals surface area contributed by atoms with E-state index in [4.69, 9.17) is 8.92 Å². The maximum absolute atomic E-state index is 12.7. The standard InChI is InChI=1S/C22H22N2O6S2/c1-16-7-11-19(12-8-16)31(25,26)24-23-15-18-5-4-6-21(29-3)22(18)30-32(27,28)20-13-9-17(2)10-14-20/h4-15,24H,1-3H3. The molecule has 0 aliphatic rings. The minimum absolute atomic E-state index is 0.0306. The van der Waals surface area contributed by atoms with Gasteiger partial charge in [-0.2, -0.15) is 21.9 Å². The lowest BCUT2D eigenvalue weighted by molar-refractivity contribution is 0.390. The lowest BCUT2D eigenvalue weighted by atomic mass is 10.2. The Morgan fingerprint density at radius 1 is 0.812 bits per heavy atom. The molecule has 0 bridgehead atoms. The highest BCUT2D eigenvalue weighted by Crippen LogP contribution is 2.32. The molecule has 168 valence electrons. The maximum Gasteiger partial charge on any atom is 0.339 e. The van der Waals surface area contributed by atoms with Gasteiger partial charge in [0, 0.05) is 5.56 Å². The topological polar surface area (TPSA) is 111 Å². The summed E-state index contributed by atoms with van der Waals surface area (Å²) in [4.78, 5) is 2.12. The van der Waals surface area contributed by atoms with Gasteiger partial charge in [0.05, 0.1) is 18.2 Å². The van der Waals surface area contributed by atoms with Crippen LogP contribution in [0.15, 0.2) is 81.6 Å². The largest absolute Gasteiger partial charge is 0.493 e. The monoisotopic (exact) mass is 474 g/mol. The van der Waals surface area contributed by atoms with E-state index in [0.29, 0.717) is 0 Å². The normalized spacial score (nSPS) is 12.0. The second-order valence-electron chi connectivity index (χ2n) is 6.90. The van der Waals surface area contributed by atoms with Crippen molar-refractivity contribution in [1.82, 2.24) is 4.83 Å². The van der Waals surface area contributed by atoms with Crippen LogP contribution in [0.3, 0.4) is 0 Å². The van der Waals surface area contributed by atoms with Gasteiger partial charge in [-0.15, -0.1) is 0 Å². The number of hydrazone groups is 1. The predicted octanol–water partition coefficient (Wildman–Crippen LogP) is 3.39. The molecule has 0 amide bonds. The maximum atomic E-state index is 12.7. The van der Waals surface area contributed by atoms with E-state index in [2.05, 4.69) is 9.93 Å². The van der Waals surface area contributed by atoms with Crippen LogP contribution in [0.2, 0.25) is 0 Å². The first-order valence-electron chi connectivity index (χ1n) is 9.42. The number of hydrogen-bond acceptors (Lipinski definition) is 7. The number of para-hydroxylation sites is 1. The second-order valence-corrected chi connectivity index (χ2v) is 10.1. The number of benzene rings is 3. The average molecular weight is 475 g/mol. The molecule has 0 fully saturated rings. The summed E-state index contributed by atoms with van der Waals surface area (Å²) < 4.78 is 60.9. The van der Waals surface area contributed by atoms with Crippen LogP contribution in [0.5, 0.6) is 11.5 Å². The van der Waals surface area contributed by atoms with E-state index in [0.717, 1.165) is 17.3 Å². The van der Waals surface area contributed by atoms with Crippen molar-refractivity contribution < 1.29 is 25.8 Å². The van der Waals surface area contributed by atoms with E-state index in [1.807, 2.05) is 13.8 Å². The fraction of sp³-hybridized carbons (Fsp3) is 0.136. The van der Waals surface area contributed by atoms with E-state index in [-0.39, 0.29) is 26.9 Å². The zero-order chi connectivity index (χ0) is 23.4. The number of nitrogens with zero attached hydrogens (tertiary/aromatic N) is 1. The van der Waals surface area contributed by atoms with Crippen molar-refractivity contribution in [3.63, 3.8) is 0 Å². The van der Waals surface area contributed by atoms with Crippen molar-refractivity contribution in [2.24, 2.45) is 5.10 Å². The molecule has 0 aliphatic carbocycles. The first-order chi connectivity index (χ1) is 15.1. The van der Waals surface area contributed by atoms with Crippen LogP contribution in [0.4, 0.5) is 0 Å². The number of hydrogen-bond donors (Lipinski definition) is 1. The summed E-state index contributed by atoms with van der Waals surface area (Å²) in [5.74, 6) is 0.0277. The van der Waals surface area contributed by atoms with Gasteiger partial charge in [-0.05, 0) is 50.2 Å². The van der Waals surface area contributed by atoms with Crippen LogP contribution in [-0.2, 0) is 20.1 Å². The van der Waals surface area contributed by atoms with Gasteiger partial charge >= 0.3 is 10.1 Å². The van der Waals surface area contributed by atoms with Gasteiger partial charge in [-0.25, -0.2) is 4.83 Å². The van der Waals surface area contributed by atoms with Crippen LogP contribution in [-0.4, -0.2) is 30.2 Å². The Kier molecular flexibility index (Phi) is 6.85. The number of rotatable bonds is 8. The zero-order valence-corrected chi connectivity index (χ0v) is 19.3. The van der Waals surface area contributed by atoms with E-state index in [1.54, 1.807) is 30.3 Å². The molecule has 3 aromatic carbocycles. The van der Waals surface area contributed by atoms with Crippen LogP contribution in [0.1, 0.15) is 16.7 Å². The molecule has 32 heavy (non-hydrogen) atoms. The van der Waals surface area contributed by atoms with Gasteiger partial charge < -0.3 is 8.92 Å². The minimum atomic E-state index is -4.17. The molecule has 3 rings (SSSR count). The van der Waals surface area contributed by atoms with Crippen LogP contribution >= 0.6 is 0 Å². The molecule has 0 unspecified atom stereocenters. The summed E-state index contributed by atoms with van der Waals surface area (Å²) in [5, 5.41) is 3.77. The lowest BCUT2D eigenvalue weighted by Crippen LogP contribution is -2.18. The van der Waals surface area contributed by atoms with E-state index < -0.39 is 20.1 Å². The Morgan fingerprint density at radius 2 is 1.38 bits per heavy atom. The molecule has 0 aliphatic heterocycles. The molecular weight excluding hydrogens is 452 g/mol. The summed E-state index contributed by atoms with van der Waals surface area (Å²) in [6, 6.07) is 17.1. The van der Waals surface area contributed by atoms with Gasteiger partial charge in [0.15, 0.2) is 11.5 Å². The molecule has 0 spiro atoms. The van der Waals surface area contributed by atoms with Crippen molar-refractivity contribution in [2.75, 3.05) is 7.11 Å². The summed E-state index contributed by atoms with van der Waals surface area (Å²) in [5.41, 5.74) is 2.02. The van der Waals surface area contributed by atoms with Gasteiger partial charge in [0.25, 0.3) is 10.0 Å². The number of ether oxygens (including phenoxy) is 1. The summed E-state index contributed by atoms with van der Waals surface area (Å²) in [6.45, 7) is 3.68. The smallest absolute Gasteiger partial charge is 0.339 e. The van der Waals surface area contributed by atoms with Crippen LogP contribution < -0.4 is 13.8 Å². The number of methoxy groups -OCH3 is 1. The third-order valence-electron chi connectivity index (χ3n) is 4.44. The highest BCUT2D eigenvalue weighted by atomic mass is 32.2. The van der Waals surface area contributed by atoms with Crippen molar-refractivity contribution in [2.45, 2.75) is 23.6 Å². The molecule has 0 atom stereocenters. The highest BCUT2D eigenvalue weighted by Gasteiger charge is 2.21. The zero-order valence-electron chi connectivity index (χ0n) is 17.6. The molecule has 0 saturated heterocycles. The lowest BCUT2D eigenvalue weighted by Gasteiger charge is -2.13. The number of sulfonamides is 1. The van der Waals surface area contributed by atoms with E-state index in [1.165, 1.54) is 43.5 Å². The highest BCUT2D eigenvalue weighted by molar-refractivity contribution is 7.89. The summed E-state index contributed by atoms with van der Waals surface area (Å²) in [6.07, 6.45) is 1.15. The van der Waals surface area contributed by atoms with Crippen LogP contribution in [0.25, 0.3) is 0 Å². The molecule has 0 saturated carbocycles. The first kappa shape index (κ1) is 23.3. The molecule has 0 radical (unpaired) electrons. The fourth-order valence-electron chi connectivity index (χ4n) is 2.68. The molecule has 1 N–H and O–H groups in total. The van der Waals surface area contributed by atoms with Crippen molar-refractivity contribution in [3.05, 3.63) is 83.4 Å². The molecule has 8 nitrogen and oxygen atoms in total. The third kappa shape index (κ3) is 5.45. The van der Waals surface area contributed by atoms with Gasteiger partial charge in [0.2, 0.25) is 0 Å². The SMILES string of the molecule is COc1cccc(C=NNS(=O)(=O)c2ccc(C)cc2)c1OS(=O)(=O)c1ccc(C)cc1. The van der Waals surface area contributed by atoms with E-state index >= 15 is 0 Å². The van der Waals surface area contributed by atoms with Gasteiger partial charge in [-0.3, -0.25) is 0 Å². The number of nitrogens with one attached hydrogen (secondary N) is 1. The average Bonchev–Trinajstić information content (AvgIpc) is 2.75. The quantitative estimate of drug-likeness (QED) is 0.304. The Balaban J connectivity index is 1.89. The predicted molar refractivity (Wildman–Crippen MR) is 121 cm³/mol. The molecule has 0 aromatic heterocycles. The number of aryl methyl sites for hydroxylation is 2. The third-order valence-corrected chi connectivity index (χ3v) is 6.91. The Labute approximate surface area is 187 Å². The Bertz CT molecular complexity index is 1330. The van der Waals surface area contributed by atoms with Crippen molar-refractivity contribution in [1.29, 1.82) is 0 Å². The van der Waals surface area contributed by atoms with Gasteiger partial charge in [-0.1, -0.05) is 41.5 Å². The minimum Gasteiger partial charge on any atom is -0.493 e. The second kappa shape index (κ2) is 9.41. The van der Waals surface area contributed by atoms with E-state index in [9.17, 15) is 16.8 Å². The fourth-order valence-corrected chi connectivity index (χ4v) is 4.44. The van der Waals surface area contributed by atoms with Crippen LogP contribution in [0, 0.1) is 13.8 Å². The Hall–Kier alpha value is -3.37. The first-order valence-corrected chi connectivity index (χ1v) is 12.3.